The maximum absolute atomic E-state index is 13.4. The van der Waals surface area contributed by atoms with Gasteiger partial charge in [-0.05, 0) is 134 Å². The van der Waals surface area contributed by atoms with E-state index >= 15 is 0 Å². The van der Waals surface area contributed by atoms with Crippen LogP contribution < -0.4 is 0 Å². The minimum absolute atomic E-state index is 0.0180. The molecule has 8 heteroatoms. The number of carbonyl (C=O) groups excluding carboxylic acids is 1. The molecule has 0 amide bonds. The minimum Gasteiger partial charge on any atom is -0.460 e. The van der Waals surface area contributed by atoms with Crippen LogP contribution in [-0.2, 0) is 34.5 Å². The lowest BCUT2D eigenvalue weighted by Crippen LogP contribution is -2.48. The lowest BCUT2D eigenvalue weighted by Gasteiger charge is -2.44. The highest BCUT2D eigenvalue weighted by molar-refractivity contribution is 6.74. The number of hydrogen-bond acceptors (Lipinski definition) is 6. The van der Waals surface area contributed by atoms with Gasteiger partial charge in [0.05, 0.1) is 29.8 Å². The first-order valence-electron chi connectivity index (χ1n) is 19.3. The van der Waals surface area contributed by atoms with Crippen LogP contribution in [-0.4, -0.2) is 59.2 Å². The Hall–Kier alpha value is -1.30. The maximum atomic E-state index is 13.4. The molecule has 1 aromatic rings. The molecule has 0 aliphatic carbocycles. The Morgan fingerprint density at radius 1 is 0.918 bits per heavy atom. The molecule has 0 spiro atoms. The average molecular weight is 717 g/mol. The van der Waals surface area contributed by atoms with Crippen molar-refractivity contribution in [1.82, 2.24) is 0 Å². The van der Waals surface area contributed by atoms with Gasteiger partial charge in [-0.3, -0.25) is 4.79 Å². The molecule has 0 saturated carbocycles. The van der Waals surface area contributed by atoms with Gasteiger partial charge in [0.2, 0.25) is 0 Å². The molecule has 280 valence electrons. The van der Waals surface area contributed by atoms with Crippen LogP contribution in [0.1, 0.15) is 118 Å². The summed E-state index contributed by atoms with van der Waals surface area (Å²) in [5.74, 6) is 0.185. The predicted molar refractivity (Wildman–Crippen MR) is 208 cm³/mol. The molecule has 3 rings (SSSR count). The highest BCUT2D eigenvalue weighted by Crippen LogP contribution is 2.41. The van der Waals surface area contributed by atoms with Crippen LogP contribution in [0.25, 0.3) is 0 Å². The molecule has 0 bridgehead atoms. The number of benzene rings is 1. The van der Waals surface area contributed by atoms with Crippen LogP contribution in [0.2, 0.25) is 37.8 Å². The van der Waals surface area contributed by atoms with E-state index in [-0.39, 0.29) is 42.0 Å². The van der Waals surface area contributed by atoms with E-state index in [9.17, 15) is 4.79 Å². The van der Waals surface area contributed by atoms with Crippen molar-refractivity contribution in [1.29, 1.82) is 0 Å². The molecule has 2 fully saturated rings. The van der Waals surface area contributed by atoms with Crippen molar-refractivity contribution < 1.29 is 27.9 Å². The Morgan fingerprint density at radius 2 is 1.55 bits per heavy atom. The van der Waals surface area contributed by atoms with E-state index < -0.39 is 22.0 Å². The molecule has 0 N–H and O–H groups in total. The highest BCUT2D eigenvalue weighted by atomic mass is 28.4. The zero-order valence-corrected chi connectivity index (χ0v) is 35.1. The molecule has 2 aliphatic heterocycles. The van der Waals surface area contributed by atoms with Gasteiger partial charge in [-0.1, -0.05) is 64.1 Å². The van der Waals surface area contributed by atoms with Crippen molar-refractivity contribution in [3.63, 3.8) is 0 Å². The Kier molecular flexibility index (Phi) is 15.9. The van der Waals surface area contributed by atoms with E-state index in [1.54, 1.807) is 0 Å². The van der Waals surface area contributed by atoms with Crippen molar-refractivity contribution in [2.75, 3.05) is 0 Å². The fraction of sp³-hybridized carbons (Fsp3) is 0.780. The van der Waals surface area contributed by atoms with Crippen LogP contribution in [0.3, 0.4) is 0 Å². The number of ether oxygens (including phenoxy) is 3. The third kappa shape index (κ3) is 13.6. The van der Waals surface area contributed by atoms with Crippen LogP contribution in [0.15, 0.2) is 43.0 Å². The lowest BCUT2D eigenvalue weighted by atomic mass is 9.81. The Balaban J connectivity index is 1.74. The molecule has 0 aromatic heterocycles. The Morgan fingerprint density at radius 3 is 2.18 bits per heavy atom. The second-order valence-corrected chi connectivity index (χ2v) is 27.3. The molecule has 2 aliphatic rings. The average Bonchev–Trinajstić information content (AvgIpc) is 3.01. The van der Waals surface area contributed by atoms with Gasteiger partial charge in [-0.15, -0.1) is 6.58 Å². The fourth-order valence-electron chi connectivity index (χ4n) is 7.02. The van der Waals surface area contributed by atoms with Crippen molar-refractivity contribution in [3.05, 3.63) is 48.6 Å². The first-order valence-corrected chi connectivity index (χ1v) is 25.6. The normalized spacial score (nSPS) is 24.6. The predicted octanol–water partition coefficient (Wildman–Crippen LogP) is 11.0. The zero-order valence-electron chi connectivity index (χ0n) is 33.1. The number of hydrogen-bond donors (Lipinski definition) is 0. The van der Waals surface area contributed by atoms with Crippen molar-refractivity contribution in [2.45, 2.75) is 193 Å². The largest absolute Gasteiger partial charge is 0.460 e. The van der Waals surface area contributed by atoms with E-state index in [2.05, 4.69) is 67.0 Å². The molecule has 7 atom stereocenters. The van der Waals surface area contributed by atoms with Gasteiger partial charge in [0.1, 0.15) is 6.61 Å². The Bertz CT molecular complexity index is 1140. The van der Waals surface area contributed by atoms with E-state index in [0.29, 0.717) is 18.1 Å². The summed E-state index contributed by atoms with van der Waals surface area (Å²) < 4.78 is 33.4. The summed E-state index contributed by atoms with van der Waals surface area (Å²) in [6.07, 6.45) is 13.7. The second-order valence-electron chi connectivity index (χ2n) is 18.1. The summed E-state index contributed by atoms with van der Waals surface area (Å²) in [7, 11) is -3.93. The van der Waals surface area contributed by atoms with E-state index in [0.717, 1.165) is 69.8 Å². The van der Waals surface area contributed by atoms with Gasteiger partial charge in [0.25, 0.3) is 0 Å². The van der Waals surface area contributed by atoms with Crippen molar-refractivity contribution in [2.24, 2.45) is 11.3 Å². The van der Waals surface area contributed by atoms with Gasteiger partial charge in [-0.25, -0.2) is 0 Å². The molecule has 2 heterocycles. The number of rotatable bonds is 18. The summed E-state index contributed by atoms with van der Waals surface area (Å²) in [5.41, 5.74) is 0.250. The maximum Gasteiger partial charge on any atom is 0.314 e. The van der Waals surface area contributed by atoms with E-state index in [1.807, 2.05) is 50.3 Å². The molecular weight excluding hydrogens is 645 g/mol. The van der Waals surface area contributed by atoms with E-state index in [1.165, 1.54) is 6.42 Å². The zero-order chi connectivity index (χ0) is 36.5. The minimum atomic E-state index is -2.09. The molecule has 2 saturated heterocycles. The van der Waals surface area contributed by atoms with Crippen molar-refractivity contribution in [3.8, 4) is 0 Å². The summed E-state index contributed by atoms with van der Waals surface area (Å²) in [6.45, 7) is 29.1. The van der Waals surface area contributed by atoms with Gasteiger partial charge < -0.3 is 23.1 Å². The smallest absolute Gasteiger partial charge is 0.314 e. The summed E-state index contributed by atoms with van der Waals surface area (Å²) in [5, 5.41) is 0.0900. The summed E-state index contributed by atoms with van der Waals surface area (Å²) in [6, 6.07) is 9.88. The lowest BCUT2D eigenvalue weighted by molar-refractivity contribution is -0.174. The molecular formula is C41H72O6Si2. The van der Waals surface area contributed by atoms with Gasteiger partial charge in [0, 0.05) is 12.2 Å². The third-order valence-electron chi connectivity index (χ3n) is 11.1. The van der Waals surface area contributed by atoms with E-state index in [4.69, 9.17) is 23.1 Å². The SMILES string of the molecule is C=CC[C@H]1CCC[C@@H](CC[C@H](C)[C@@H](C[C@H](C[C@@H]2CCC[C@H](C(C)(C)C(=O)OCc3ccccc3)O2)O[Si](C)(C)C(C)(C)C)O[Si](C)(C)C)O1. The standard InChI is InChI=1S/C41H72O6Si2/c1-13-19-33-22-17-23-34(44-33)27-26-31(2)37(47-48(8,9)10)29-36(46-49(11,12)40(3,4)5)28-35-24-18-25-38(45-35)41(6,7)39(42)43-30-32-20-15-14-16-21-32/h13-16,20-21,31,33-38H,1,17-19,22-30H2,2-12H3/t31-,33-,34-,35-,36-,37+,38+/m0/s1. The van der Waals surface area contributed by atoms with Crippen LogP contribution in [0.5, 0.6) is 0 Å². The van der Waals surface area contributed by atoms with Crippen LogP contribution in [0.4, 0.5) is 0 Å². The Labute approximate surface area is 302 Å². The topological polar surface area (TPSA) is 63.2 Å². The molecule has 0 unspecified atom stereocenters. The summed E-state index contributed by atoms with van der Waals surface area (Å²) in [4.78, 5) is 13.4. The molecule has 49 heavy (non-hydrogen) atoms. The highest BCUT2D eigenvalue weighted by Gasteiger charge is 2.44. The molecule has 0 radical (unpaired) electrons. The first-order chi connectivity index (χ1) is 22.8. The molecule has 6 nitrogen and oxygen atoms in total. The third-order valence-corrected chi connectivity index (χ3v) is 16.7. The van der Waals surface area contributed by atoms with Crippen LogP contribution >= 0.6 is 0 Å². The quantitative estimate of drug-likeness (QED) is 0.0856. The number of esters is 1. The van der Waals surface area contributed by atoms with Gasteiger partial charge in [-0.2, -0.15) is 0 Å². The van der Waals surface area contributed by atoms with Crippen LogP contribution in [0, 0.1) is 11.3 Å². The number of carbonyl (C=O) groups is 1. The monoisotopic (exact) mass is 716 g/mol. The first kappa shape index (κ1) is 42.1. The van der Waals surface area contributed by atoms with Gasteiger partial charge >= 0.3 is 5.97 Å². The summed E-state index contributed by atoms with van der Waals surface area (Å²) >= 11 is 0. The van der Waals surface area contributed by atoms with Gasteiger partial charge in [0.15, 0.2) is 16.6 Å². The molecule has 1 aromatic carbocycles. The van der Waals surface area contributed by atoms with Crippen molar-refractivity contribution >= 4 is 22.6 Å². The second kappa shape index (κ2) is 18.5. The fourth-order valence-corrected chi connectivity index (χ4v) is 9.64.